The van der Waals surface area contributed by atoms with E-state index in [1.165, 1.54) is 21.9 Å². The van der Waals surface area contributed by atoms with Gasteiger partial charge >= 0.3 is 0 Å². The maximum atomic E-state index is 6.12. The summed E-state index contributed by atoms with van der Waals surface area (Å²) in [6.07, 6.45) is 5.94. The molecule has 194 valence electrons. The highest BCUT2D eigenvalue weighted by Crippen LogP contribution is 2.33. The Morgan fingerprint density at radius 1 is 0.625 bits per heavy atom. The van der Waals surface area contributed by atoms with E-state index in [-0.39, 0.29) is 11.0 Å². The first kappa shape index (κ1) is 27.2. The lowest BCUT2D eigenvalue weighted by Crippen LogP contribution is -2.46. The molecular weight excluding hydrogens is 499 g/mol. The van der Waals surface area contributed by atoms with Gasteiger partial charge in [-0.2, -0.15) is 0 Å². The first-order valence-corrected chi connectivity index (χ1v) is 15.1. The molecule has 2 radical (unpaired) electrons. The molecule has 0 aliphatic rings. The van der Waals surface area contributed by atoms with Gasteiger partial charge in [-0.25, -0.2) is 4.98 Å². The topological polar surface area (TPSA) is 17.8 Å². The molecule has 2 nitrogen and oxygen atoms in total. The van der Waals surface area contributed by atoms with E-state index in [1.807, 2.05) is 48.9 Å². The predicted molar refractivity (Wildman–Crippen MR) is 171 cm³/mol. The second kappa shape index (κ2) is 13.1. The average Bonchev–Trinajstić information content (AvgIpc) is 3.58. The number of benzene rings is 5. The molecule has 1 aromatic heterocycles. The minimum atomic E-state index is -0.763. The fourth-order valence-electron chi connectivity index (χ4n) is 5.19. The molecule has 4 heteroatoms. The van der Waals surface area contributed by atoms with Gasteiger partial charge in [-0.15, -0.1) is 0 Å². The summed E-state index contributed by atoms with van der Waals surface area (Å²) in [7, 11) is 5.35. The standard InChI is InChI=1S/C23H22N2Si.C13H11B/c1-19-12-14-22(15-13-19)26-23(25-17-16-24-18-25,20-8-4-2-5-9-20)21-10-6-3-7-11-21;14-13(11-7-3-1-4-8-11)12-9-5-2-6-10-12/h2-18H,26H2,1H3;1-10,13H. The Kier molecular flexibility index (Phi) is 8.90. The minimum absolute atomic E-state index is 0.0163. The lowest BCUT2D eigenvalue weighted by atomic mass is 9.76. The second-order valence-electron chi connectivity index (χ2n) is 10.0. The maximum absolute atomic E-state index is 6.12. The molecule has 0 aliphatic heterocycles. The lowest BCUT2D eigenvalue weighted by Gasteiger charge is -2.37. The molecule has 0 saturated heterocycles. The van der Waals surface area contributed by atoms with Crippen LogP contribution in [0.25, 0.3) is 0 Å². The van der Waals surface area contributed by atoms with Gasteiger partial charge < -0.3 is 4.57 Å². The first-order chi connectivity index (χ1) is 19.7. The third-order valence-corrected chi connectivity index (χ3v) is 9.92. The van der Waals surface area contributed by atoms with Crippen molar-refractivity contribution in [1.29, 1.82) is 0 Å². The normalized spacial score (nSPS) is 11.3. The number of aryl methyl sites for hydroxylation is 1. The van der Waals surface area contributed by atoms with Crippen LogP contribution < -0.4 is 5.19 Å². The van der Waals surface area contributed by atoms with Gasteiger partial charge in [-0.05, 0) is 35.0 Å². The summed E-state index contributed by atoms with van der Waals surface area (Å²) in [5.41, 5.74) is 6.24. The lowest BCUT2D eigenvalue weighted by molar-refractivity contribution is 0.596. The number of hydrogen-bond acceptors (Lipinski definition) is 1. The third kappa shape index (κ3) is 6.24. The molecule has 0 aliphatic carbocycles. The highest BCUT2D eigenvalue weighted by Gasteiger charge is 2.36. The summed E-state index contributed by atoms with van der Waals surface area (Å²) in [6.45, 7) is 2.14. The molecule has 0 amide bonds. The number of nitrogens with zero attached hydrogens (tertiary/aromatic N) is 2. The van der Waals surface area contributed by atoms with Gasteiger partial charge in [0.2, 0.25) is 0 Å². The van der Waals surface area contributed by atoms with E-state index in [4.69, 9.17) is 7.85 Å². The van der Waals surface area contributed by atoms with Crippen molar-refractivity contribution in [3.63, 3.8) is 0 Å². The Balaban J connectivity index is 0.000000194. The van der Waals surface area contributed by atoms with Crippen LogP contribution in [-0.4, -0.2) is 26.9 Å². The van der Waals surface area contributed by atoms with Crippen molar-refractivity contribution in [1.82, 2.24) is 9.55 Å². The molecule has 5 aromatic carbocycles. The fourth-order valence-corrected chi connectivity index (χ4v) is 7.50. The van der Waals surface area contributed by atoms with E-state index in [9.17, 15) is 0 Å². The van der Waals surface area contributed by atoms with Crippen molar-refractivity contribution in [2.45, 2.75) is 17.9 Å². The van der Waals surface area contributed by atoms with Gasteiger partial charge in [0.25, 0.3) is 0 Å². The molecule has 6 aromatic rings. The summed E-state index contributed by atoms with van der Waals surface area (Å²) < 4.78 is 2.30. The molecular formula is C36H33BN2Si. The van der Waals surface area contributed by atoms with E-state index in [0.29, 0.717) is 0 Å². The number of rotatable bonds is 7. The highest BCUT2D eigenvalue weighted by molar-refractivity contribution is 6.57. The molecule has 0 spiro atoms. The zero-order valence-electron chi connectivity index (χ0n) is 22.8. The smallest absolute Gasteiger partial charge is 0.0965 e. The van der Waals surface area contributed by atoms with Gasteiger partial charge in [0, 0.05) is 12.4 Å². The van der Waals surface area contributed by atoms with Crippen molar-refractivity contribution in [3.8, 4) is 0 Å². The van der Waals surface area contributed by atoms with Crippen molar-refractivity contribution in [3.05, 3.63) is 192 Å². The Labute approximate surface area is 241 Å². The second-order valence-corrected chi connectivity index (χ2v) is 12.2. The number of aromatic nitrogens is 2. The molecule has 0 unspecified atom stereocenters. The number of hydrogen-bond donors (Lipinski definition) is 0. The van der Waals surface area contributed by atoms with Crippen LogP contribution in [-0.2, 0) is 5.16 Å². The highest BCUT2D eigenvalue weighted by atomic mass is 28.2. The van der Waals surface area contributed by atoms with Crippen molar-refractivity contribution in [2.24, 2.45) is 0 Å². The molecule has 1 heterocycles. The van der Waals surface area contributed by atoms with Crippen LogP contribution in [0.2, 0.25) is 0 Å². The van der Waals surface area contributed by atoms with Crippen LogP contribution in [0.1, 0.15) is 33.6 Å². The van der Waals surface area contributed by atoms with Crippen LogP contribution in [0.15, 0.2) is 164 Å². The summed E-state index contributed by atoms with van der Waals surface area (Å²) >= 11 is 0. The van der Waals surface area contributed by atoms with E-state index >= 15 is 0 Å². The molecule has 0 atom stereocenters. The van der Waals surface area contributed by atoms with Gasteiger partial charge in [0.05, 0.1) is 28.9 Å². The quantitative estimate of drug-likeness (QED) is 0.218. The maximum Gasteiger partial charge on any atom is 0.0965 e. The van der Waals surface area contributed by atoms with Crippen LogP contribution in [0.5, 0.6) is 0 Å². The SMILES string of the molecule is Cc1ccc([SiH2]C(c2ccccc2)(c2ccccc2)n2ccnc2)cc1.[B]C(c1ccccc1)c1ccccc1. The summed E-state index contributed by atoms with van der Waals surface area (Å²) in [4.78, 5) is 4.38. The monoisotopic (exact) mass is 532 g/mol. The molecule has 0 saturated carbocycles. The van der Waals surface area contributed by atoms with Gasteiger partial charge in [-0.3, -0.25) is 0 Å². The van der Waals surface area contributed by atoms with Crippen molar-refractivity contribution in [2.75, 3.05) is 0 Å². The zero-order valence-corrected chi connectivity index (χ0v) is 24.3. The fraction of sp³-hybridized carbons (Fsp3) is 0.0833. The Bertz CT molecular complexity index is 1480. The molecule has 6 rings (SSSR count). The van der Waals surface area contributed by atoms with E-state index in [1.54, 1.807) is 0 Å². The molecule has 0 N–H and O–H groups in total. The summed E-state index contributed by atoms with van der Waals surface area (Å²) in [6, 6.07) is 51.0. The molecule has 40 heavy (non-hydrogen) atoms. The minimum Gasteiger partial charge on any atom is -0.326 e. The molecule has 0 bridgehead atoms. The average molecular weight is 533 g/mol. The van der Waals surface area contributed by atoms with E-state index in [2.05, 4.69) is 132 Å². The summed E-state index contributed by atoms with van der Waals surface area (Å²) in [5.74, 6) is -0.0163. The first-order valence-electron chi connectivity index (χ1n) is 13.7. The van der Waals surface area contributed by atoms with Crippen molar-refractivity contribution >= 4 is 22.6 Å². The Hall–Kier alpha value is -4.41. The largest absolute Gasteiger partial charge is 0.326 e. The summed E-state index contributed by atoms with van der Waals surface area (Å²) in [5, 5.41) is 1.24. The van der Waals surface area contributed by atoms with Gasteiger partial charge in [0.15, 0.2) is 0 Å². The van der Waals surface area contributed by atoms with Gasteiger partial charge in [-0.1, -0.05) is 156 Å². The zero-order chi connectivity index (χ0) is 27.6. The number of imidazole rings is 1. The van der Waals surface area contributed by atoms with Gasteiger partial charge in [0.1, 0.15) is 0 Å². The Morgan fingerprint density at radius 3 is 1.50 bits per heavy atom. The van der Waals surface area contributed by atoms with E-state index in [0.717, 1.165) is 11.1 Å². The van der Waals surface area contributed by atoms with Crippen LogP contribution >= 0.6 is 0 Å². The van der Waals surface area contributed by atoms with E-state index < -0.39 is 9.52 Å². The third-order valence-electron chi connectivity index (χ3n) is 7.35. The van der Waals surface area contributed by atoms with Crippen LogP contribution in [0, 0.1) is 6.92 Å². The van der Waals surface area contributed by atoms with Crippen LogP contribution in [0.4, 0.5) is 0 Å². The van der Waals surface area contributed by atoms with Crippen LogP contribution in [0.3, 0.4) is 0 Å². The Morgan fingerprint density at radius 2 is 1.07 bits per heavy atom. The predicted octanol–water partition coefficient (Wildman–Crippen LogP) is 6.38. The van der Waals surface area contributed by atoms with Crippen molar-refractivity contribution < 1.29 is 0 Å². The molecule has 0 fully saturated rings.